The molecule has 23 heavy (non-hydrogen) atoms. The highest BCUT2D eigenvalue weighted by atomic mass is 32.1. The van der Waals surface area contributed by atoms with E-state index in [9.17, 15) is 4.79 Å². The fourth-order valence-corrected chi connectivity index (χ4v) is 3.48. The molecule has 0 aliphatic heterocycles. The number of hydrogen-bond donors (Lipinski definition) is 1. The number of nitrogens with two attached hydrogens (primary N) is 1. The number of carbonyl (C=O) groups excluding carboxylic acids is 1. The largest absolute Gasteiger partial charge is 0.364 e. The Labute approximate surface area is 139 Å². The molecule has 0 aliphatic rings. The van der Waals surface area contributed by atoms with E-state index in [0.717, 1.165) is 20.4 Å². The monoisotopic (exact) mass is 338 g/mol. The quantitative estimate of drug-likeness (QED) is 0.574. The number of hydrogen-bond acceptors (Lipinski definition) is 6. The molecule has 1 amide bonds. The molecule has 2 aromatic carbocycles. The van der Waals surface area contributed by atoms with Gasteiger partial charge in [-0.05, 0) is 24.3 Å². The van der Waals surface area contributed by atoms with E-state index in [0.29, 0.717) is 10.0 Å². The number of aromatic nitrogens is 2. The summed E-state index contributed by atoms with van der Waals surface area (Å²) in [6.07, 6.45) is 0. The smallest absolute Gasteiger partial charge is 0.277 e. The molecule has 0 fully saturated rings. The van der Waals surface area contributed by atoms with Gasteiger partial charge < -0.3 is 5.73 Å². The first kappa shape index (κ1) is 15.1. The van der Waals surface area contributed by atoms with Gasteiger partial charge in [-0.3, -0.25) is 4.79 Å². The first-order valence-electron chi connectivity index (χ1n) is 6.58. The maximum atomic E-state index is 10.7. The first-order valence-corrected chi connectivity index (χ1v) is 8.22. The van der Waals surface area contributed by atoms with Crippen LogP contribution in [0.1, 0.15) is 14.8 Å². The van der Waals surface area contributed by atoms with Crippen molar-refractivity contribution in [2.24, 2.45) is 5.73 Å². The number of rotatable bonds is 1. The zero-order valence-corrected chi connectivity index (χ0v) is 13.4. The predicted molar refractivity (Wildman–Crippen MR) is 92.5 cm³/mol. The second-order valence-electron chi connectivity index (χ2n) is 4.45. The highest BCUT2D eigenvalue weighted by molar-refractivity contribution is 7.20. The summed E-state index contributed by atoms with van der Waals surface area (Å²) in [5, 5.41) is 9.44. The SMILES string of the molecule is N#Cc1nc2ccccc2s1.NC(=O)c1nc2ccccc2s1. The van der Waals surface area contributed by atoms with Gasteiger partial charge in [-0.15, -0.1) is 22.7 Å². The Hall–Kier alpha value is -2.82. The minimum absolute atomic E-state index is 0.371. The summed E-state index contributed by atoms with van der Waals surface area (Å²) in [4.78, 5) is 18.9. The van der Waals surface area contributed by atoms with E-state index in [-0.39, 0.29) is 0 Å². The molecule has 4 rings (SSSR count). The molecule has 112 valence electrons. The van der Waals surface area contributed by atoms with Crippen molar-refractivity contribution in [2.75, 3.05) is 0 Å². The van der Waals surface area contributed by atoms with Gasteiger partial charge in [0.2, 0.25) is 0 Å². The zero-order chi connectivity index (χ0) is 16.2. The lowest BCUT2D eigenvalue weighted by molar-refractivity contribution is 0.1000. The number of nitriles is 1. The summed E-state index contributed by atoms with van der Waals surface area (Å²) in [6.45, 7) is 0. The molecule has 2 heterocycles. The maximum Gasteiger partial charge on any atom is 0.277 e. The number of amides is 1. The Morgan fingerprint density at radius 3 is 2.04 bits per heavy atom. The number of fused-ring (bicyclic) bond motifs is 2. The summed E-state index contributed by atoms with van der Waals surface area (Å²) in [7, 11) is 0. The van der Waals surface area contributed by atoms with Gasteiger partial charge in [-0.2, -0.15) is 5.26 Å². The number of carbonyl (C=O) groups is 1. The molecular weight excluding hydrogens is 328 g/mol. The molecule has 0 saturated heterocycles. The lowest BCUT2D eigenvalue weighted by atomic mass is 10.3. The predicted octanol–water partition coefficient (Wildman–Crippen LogP) is 3.56. The normalized spacial score (nSPS) is 10.0. The van der Waals surface area contributed by atoms with Gasteiger partial charge >= 0.3 is 0 Å². The van der Waals surface area contributed by atoms with E-state index >= 15 is 0 Å². The number of nitrogens with zero attached hydrogens (tertiary/aromatic N) is 3. The van der Waals surface area contributed by atoms with E-state index in [4.69, 9.17) is 11.0 Å². The van der Waals surface area contributed by atoms with E-state index in [1.54, 1.807) is 0 Å². The average Bonchev–Trinajstić information content (AvgIpc) is 3.19. The highest BCUT2D eigenvalue weighted by Crippen LogP contribution is 2.21. The van der Waals surface area contributed by atoms with Crippen LogP contribution in [0.2, 0.25) is 0 Å². The minimum Gasteiger partial charge on any atom is -0.364 e. The van der Waals surface area contributed by atoms with Crippen LogP contribution in [-0.2, 0) is 0 Å². The van der Waals surface area contributed by atoms with Gasteiger partial charge in [0, 0.05) is 0 Å². The molecule has 0 radical (unpaired) electrons. The second kappa shape index (κ2) is 6.52. The lowest BCUT2D eigenvalue weighted by Crippen LogP contribution is -2.09. The third-order valence-corrected chi connectivity index (χ3v) is 4.89. The molecule has 2 aromatic heterocycles. The number of thiazole rings is 2. The Balaban J connectivity index is 0.000000136. The summed E-state index contributed by atoms with van der Waals surface area (Å²) >= 11 is 2.74. The molecule has 0 atom stereocenters. The van der Waals surface area contributed by atoms with E-state index < -0.39 is 5.91 Å². The molecule has 0 aliphatic carbocycles. The molecule has 5 nitrogen and oxygen atoms in total. The molecule has 0 bridgehead atoms. The van der Waals surface area contributed by atoms with Crippen molar-refractivity contribution in [1.82, 2.24) is 9.97 Å². The summed E-state index contributed by atoms with van der Waals surface area (Å²) < 4.78 is 2.07. The lowest BCUT2D eigenvalue weighted by Gasteiger charge is -1.80. The molecule has 0 spiro atoms. The fraction of sp³-hybridized carbons (Fsp3) is 0. The van der Waals surface area contributed by atoms with Crippen molar-refractivity contribution in [2.45, 2.75) is 0 Å². The van der Waals surface area contributed by atoms with Crippen molar-refractivity contribution >= 4 is 49.0 Å². The Morgan fingerprint density at radius 2 is 1.52 bits per heavy atom. The van der Waals surface area contributed by atoms with Crippen molar-refractivity contribution in [3.8, 4) is 6.07 Å². The molecule has 2 N–H and O–H groups in total. The van der Waals surface area contributed by atoms with E-state index in [2.05, 4.69) is 9.97 Å². The molecule has 0 saturated carbocycles. The van der Waals surface area contributed by atoms with Gasteiger partial charge in [-0.1, -0.05) is 24.3 Å². The Kier molecular flexibility index (Phi) is 4.28. The van der Waals surface area contributed by atoms with Crippen LogP contribution >= 0.6 is 22.7 Å². The standard InChI is InChI=1S/C8H6N2OS.C8H4N2S/c9-7(11)8-10-5-3-1-2-4-6(5)12-8;9-5-8-10-6-3-1-2-4-7(6)11-8/h1-4H,(H2,9,11);1-4H. The average molecular weight is 338 g/mol. The van der Waals surface area contributed by atoms with E-state index in [1.165, 1.54) is 22.7 Å². The van der Waals surface area contributed by atoms with Crippen molar-refractivity contribution in [1.29, 1.82) is 5.26 Å². The maximum absolute atomic E-state index is 10.7. The topological polar surface area (TPSA) is 92.7 Å². The summed E-state index contributed by atoms with van der Waals surface area (Å²) in [6, 6.07) is 17.3. The van der Waals surface area contributed by atoms with Gasteiger partial charge in [0.25, 0.3) is 5.91 Å². The van der Waals surface area contributed by atoms with Gasteiger partial charge in [0.05, 0.1) is 20.4 Å². The van der Waals surface area contributed by atoms with Crippen LogP contribution in [0, 0.1) is 11.3 Å². The third-order valence-electron chi connectivity index (χ3n) is 2.89. The van der Waals surface area contributed by atoms with Crippen LogP contribution in [0.4, 0.5) is 0 Å². The summed E-state index contributed by atoms with van der Waals surface area (Å²) in [5.41, 5.74) is 6.83. The fourth-order valence-electron chi connectivity index (χ4n) is 1.90. The molecule has 7 heteroatoms. The highest BCUT2D eigenvalue weighted by Gasteiger charge is 2.06. The van der Waals surface area contributed by atoms with Crippen LogP contribution in [0.5, 0.6) is 0 Å². The third kappa shape index (κ3) is 3.34. The van der Waals surface area contributed by atoms with Gasteiger partial charge in [-0.25, -0.2) is 9.97 Å². The Bertz CT molecular complexity index is 963. The number of benzene rings is 2. The van der Waals surface area contributed by atoms with Crippen molar-refractivity contribution < 1.29 is 4.79 Å². The van der Waals surface area contributed by atoms with Gasteiger partial charge in [0.15, 0.2) is 10.0 Å². The molecular formula is C16H10N4OS2. The summed E-state index contributed by atoms with van der Waals surface area (Å²) in [5.74, 6) is -0.462. The van der Waals surface area contributed by atoms with Crippen LogP contribution in [0.15, 0.2) is 48.5 Å². The Morgan fingerprint density at radius 1 is 0.957 bits per heavy atom. The number of primary amides is 1. The molecule has 4 aromatic rings. The zero-order valence-electron chi connectivity index (χ0n) is 11.8. The van der Waals surface area contributed by atoms with Gasteiger partial charge in [0.1, 0.15) is 6.07 Å². The van der Waals surface area contributed by atoms with Crippen LogP contribution in [0.25, 0.3) is 20.4 Å². The number of para-hydroxylation sites is 2. The van der Waals surface area contributed by atoms with Crippen LogP contribution in [-0.4, -0.2) is 15.9 Å². The van der Waals surface area contributed by atoms with E-state index in [1.807, 2.05) is 54.6 Å². The first-order chi connectivity index (χ1) is 11.2. The molecule has 0 unspecified atom stereocenters. The second-order valence-corrected chi connectivity index (χ2v) is 6.51. The van der Waals surface area contributed by atoms with Crippen LogP contribution in [0.3, 0.4) is 0 Å². The van der Waals surface area contributed by atoms with Crippen molar-refractivity contribution in [3.63, 3.8) is 0 Å². The van der Waals surface area contributed by atoms with Crippen LogP contribution < -0.4 is 5.73 Å². The van der Waals surface area contributed by atoms with Crippen molar-refractivity contribution in [3.05, 3.63) is 58.5 Å². The minimum atomic E-state index is -0.462.